The van der Waals surface area contributed by atoms with Crippen molar-refractivity contribution in [2.75, 3.05) is 45.9 Å². The fraction of sp³-hybridized carbons (Fsp3) is 0.737. The zero-order valence-electron chi connectivity index (χ0n) is 16.1. The Morgan fingerprint density at radius 2 is 1.88 bits per heavy atom. The van der Waals surface area contributed by atoms with Gasteiger partial charge in [-0.2, -0.15) is 0 Å². The van der Waals surface area contributed by atoms with Crippen LogP contribution in [0.3, 0.4) is 0 Å². The lowest BCUT2D eigenvalue weighted by molar-refractivity contribution is -0.133. The van der Waals surface area contributed by atoms with Crippen LogP contribution in [0.15, 0.2) is 12.4 Å². The van der Waals surface area contributed by atoms with Crippen molar-refractivity contribution in [3.05, 3.63) is 23.8 Å². The van der Waals surface area contributed by atoms with Crippen LogP contribution >= 0.6 is 0 Å². The zero-order chi connectivity index (χ0) is 18.8. The highest BCUT2D eigenvalue weighted by Crippen LogP contribution is 2.39. The molecule has 144 valence electrons. The summed E-state index contributed by atoms with van der Waals surface area (Å²) >= 11 is 0. The number of carbonyl (C=O) groups excluding carboxylic acids is 1. The predicted octanol–water partition coefficient (Wildman–Crippen LogP) is 0.974. The number of ether oxygens (including phenoxy) is 1. The van der Waals surface area contributed by atoms with E-state index in [1.807, 2.05) is 25.7 Å². The molecule has 3 rings (SSSR count). The number of morpholine rings is 1. The molecule has 7 heteroatoms. The van der Waals surface area contributed by atoms with Gasteiger partial charge in [-0.1, -0.05) is 20.8 Å². The summed E-state index contributed by atoms with van der Waals surface area (Å²) in [6.07, 6.45) is 4.53. The van der Waals surface area contributed by atoms with E-state index in [9.17, 15) is 9.90 Å². The Morgan fingerprint density at radius 3 is 2.46 bits per heavy atom. The topological polar surface area (TPSA) is 78.8 Å². The molecule has 26 heavy (non-hydrogen) atoms. The van der Waals surface area contributed by atoms with Crippen LogP contribution in [0.5, 0.6) is 0 Å². The maximum atomic E-state index is 12.8. The SMILES string of the molecule is CCc1ncc(C(=O)N2CC[C@@](O)(CN3CCOCC3)C(C)(C)C2)cn1. The molecule has 2 aliphatic rings. The molecule has 0 aliphatic carbocycles. The largest absolute Gasteiger partial charge is 0.388 e. The number of carbonyl (C=O) groups is 1. The number of aryl methyl sites for hydroxylation is 1. The van der Waals surface area contributed by atoms with Crippen LogP contribution in [-0.2, 0) is 11.2 Å². The first-order valence-corrected chi connectivity index (χ1v) is 9.47. The maximum absolute atomic E-state index is 12.8. The van der Waals surface area contributed by atoms with Crippen molar-refractivity contribution in [2.45, 2.75) is 39.2 Å². The summed E-state index contributed by atoms with van der Waals surface area (Å²) in [6, 6.07) is 0. The lowest BCUT2D eigenvalue weighted by atomic mass is 9.69. The molecule has 0 aromatic carbocycles. The fourth-order valence-electron chi connectivity index (χ4n) is 3.79. The van der Waals surface area contributed by atoms with Crippen molar-refractivity contribution in [3.63, 3.8) is 0 Å². The molecule has 0 spiro atoms. The fourth-order valence-corrected chi connectivity index (χ4v) is 3.79. The summed E-state index contributed by atoms with van der Waals surface area (Å²) in [5, 5.41) is 11.3. The van der Waals surface area contributed by atoms with Crippen LogP contribution in [0.25, 0.3) is 0 Å². The van der Waals surface area contributed by atoms with E-state index in [-0.39, 0.29) is 5.91 Å². The van der Waals surface area contributed by atoms with Crippen molar-refractivity contribution >= 4 is 5.91 Å². The molecule has 1 N–H and O–H groups in total. The first-order valence-electron chi connectivity index (χ1n) is 9.47. The van der Waals surface area contributed by atoms with Gasteiger partial charge < -0.3 is 14.7 Å². The van der Waals surface area contributed by atoms with E-state index in [2.05, 4.69) is 14.9 Å². The smallest absolute Gasteiger partial charge is 0.257 e. The van der Waals surface area contributed by atoms with Crippen LogP contribution in [0, 0.1) is 5.41 Å². The Bertz CT molecular complexity index is 628. The molecule has 2 saturated heterocycles. The molecule has 1 amide bonds. The van der Waals surface area contributed by atoms with Gasteiger partial charge in [-0.3, -0.25) is 9.69 Å². The minimum atomic E-state index is -0.816. The van der Waals surface area contributed by atoms with E-state index in [0.717, 1.165) is 38.5 Å². The summed E-state index contributed by atoms with van der Waals surface area (Å²) < 4.78 is 5.40. The molecule has 1 atom stereocenters. The van der Waals surface area contributed by atoms with E-state index in [1.165, 1.54) is 0 Å². The Kier molecular flexibility index (Phi) is 5.60. The van der Waals surface area contributed by atoms with Gasteiger partial charge in [0.1, 0.15) is 5.82 Å². The number of hydrogen-bond acceptors (Lipinski definition) is 6. The van der Waals surface area contributed by atoms with Crippen LogP contribution in [0.1, 0.15) is 43.4 Å². The van der Waals surface area contributed by atoms with Gasteiger partial charge in [-0.25, -0.2) is 9.97 Å². The average molecular weight is 362 g/mol. The monoisotopic (exact) mass is 362 g/mol. The molecule has 1 aromatic rings. The molecular weight excluding hydrogens is 332 g/mol. The molecule has 0 radical (unpaired) electrons. The van der Waals surface area contributed by atoms with Gasteiger partial charge in [-0.05, 0) is 6.42 Å². The van der Waals surface area contributed by atoms with Crippen LogP contribution in [0.2, 0.25) is 0 Å². The minimum absolute atomic E-state index is 0.0610. The molecule has 0 saturated carbocycles. The number of nitrogens with zero attached hydrogens (tertiary/aromatic N) is 4. The van der Waals surface area contributed by atoms with E-state index in [4.69, 9.17) is 4.74 Å². The zero-order valence-corrected chi connectivity index (χ0v) is 16.1. The van der Waals surface area contributed by atoms with Crippen molar-refractivity contribution in [1.29, 1.82) is 0 Å². The average Bonchev–Trinajstić information content (AvgIpc) is 2.64. The molecular formula is C19H30N4O3. The highest BCUT2D eigenvalue weighted by molar-refractivity contribution is 5.93. The lowest BCUT2D eigenvalue weighted by Gasteiger charge is -2.52. The first-order chi connectivity index (χ1) is 12.3. The third kappa shape index (κ3) is 3.89. The Hall–Kier alpha value is -1.57. The Morgan fingerprint density at radius 1 is 1.23 bits per heavy atom. The van der Waals surface area contributed by atoms with Crippen molar-refractivity contribution in [3.8, 4) is 0 Å². The number of likely N-dealkylation sites (tertiary alicyclic amines) is 1. The number of hydrogen-bond donors (Lipinski definition) is 1. The van der Waals surface area contributed by atoms with Crippen molar-refractivity contribution in [1.82, 2.24) is 19.8 Å². The second-order valence-corrected chi connectivity index (χ2v) is 8.02. The van der Waals surface area contributed by atoms with Crippen LogP contribution < -0.4 is 0 Å². The normalized spacial score (nSPS) is 26.7. The molecule has 0 bridgehead atoms. The molecule has 2 aliphatic heterocycles. The van der Waals surface area contributed by atoms with Crippen LogP contribution in [-0.4, -0.2) is 82.3 Å². The lowest BCUT2D eigenvalue weighted by Crippen LogP contribution is -2.63. The summed E-state index contributed by atoms with van der Waals surface area (Å²) in [6.45, 7) is 10.9. The molecule has 7 nitrogen and oxygen atoms in total. The van der Waals surface area contributed by atoms with E-state index in [1.54, 1.807) is 12.4 Å². The summed E-state index contributed by atoms with van der Waals surface area (Å²) in [7, 11) is 0. The Labute approximate surface area is 155 Å². The van der Waals surface area contributed by atoms with E-state index >= 15 is 0 Å². The van der Waals surface area contributed by atoms with Crippen molar-refractivity contribution in [2.24, 2.45) is 5.41 Å². The summed E-state index contributed by atoms with van der Waals surface area (Å²) in [4.78, 5) is 25.4. The second-order valence-electron chi connectivity index (χ2n) is 8.02. The van der Waals surface area contributed by atoms with Gasteiger partial charge in [0.05, 0.1) is 24.4 Å². The van der Waals surface area contributed by atoms with E-state index < -0.39 is 11.0 Å². The van der Waals surface area contributed by atoms with Crippen LogP contribution in [0.4, 0.5) is 0 Å². The van der Waals surface area contributed by atoms with E-state index in [0.29, 0.717) is 31.6 Å². The molecule has 3 heterocycles. The standard InChI is InChI=1S/C19H30N4O3/c1-4-16-20-11-15(12-21-16)17(24)23-6-5-19(25,18(2,3)13-23)14-22-7-9-26-10-8-22/h11-12,25H,4-10,13-14H2,1-3H3/t19-/m1/s1. The summed E-state index contributed by atoms with van der Waals surface area (Å²) in [5.74, 6) is 0.676. The number of aromatic nitrogens is 2. The van der Waals surface area contributed by atoms with Gasteiger partial charge in [-0.15, -0.1) is 0 Å². The van der Waals surface area contributed by atoms with Gasteiger partial charge >= 0.3 is 0 Å². The van der Waals surface area contributed by atoms with Gasteiger partial charge in [0.2, 0.25) is 0 Å². The predicted molar refractivity (Wildman–Crippen MR) is 97.9 cm³/mol. The highest BCUT2D eigenvalue weighted by atomic mass is 16.5. The van der Waals surface area contributed by atoms with Gasteiger partial charge in [0.25, 0.3) is 5.91 Å². The van der Waals surface area contributed by atoms with Gasteiger partial charge in [0, 0.05) is 57.0 Å². The number of rotatable bonds is 4. The van der Waals surface area contributed by atoms with Gasteiger partial charge in [0.15, 0.2) is 0 Å². The Balaban J connectivity index is 1.67. The summed E-state index contributed by atoms with van der Waals surface area (Å²) in [5.41, 5.74) is -0.704. The molecule has 2 fully saturated rings. The third-order valence-corrected chi connectivity index (χ3v) is 5.79. The molecule has 0 unspecified atom stereocenters. The second kappa shape index (κ2) is 7.58. The van der Waals surface area contributed by atoms with Crippen molar-refractivity contribution < 1.29 is 14.6 Å². The highest BCUT2D eigenvalue weighted by Gasteiger charge is 2.49. The quantitative estimate of drug-likeness (QED) is 0.860. The number of β-amino-alcohol motifs (C(OH)–C–C–N with tert-alkyl or cyclic N) is 1. The minimum Gasteiger partial charge on any atom is -0.388 e. The molecule has 1 aromatic heterocycles. The first kappa shape index (κ1) is 19.2. The third-order valence-electron chi connectivity index (χ3n) is 5.79. The number of amides is 1. The number of piperidine rings is 1. The number of aliphatic hydroxyl groups is 1. The maximum Gasteiger partial charge on any atom is 0.257 e.